The van der Waals surface area contributed by atoms with Gasteiger partial charge in [-0.1, -0.05) is 13.8 Å². The van der Waals surface area contributed by atoms with Gasteiger partial charge in [-0.15, -0.1) is 0 Å². The van der Waals surface area contributed by atoms with Crippen molar-refractivity contribution in [2.45, 2.75) is 46.1 Å². The molecule has 1 aliphatic heterocycles. The van der Waals surface area contributed by atoms with Crippen LogP contribution in [0, 0.1) is 5.92 Å². The second-order valence-corrected chi connectivity index (χ2v) is 6.63. The summed E-state index contributed by atoms with van der Waals surface area (Å²) in [6.07, 6.45) is 2.35. The zero-order valence-corrected chi connectivity index (χ0v) is 12.2. The van der Waals surface area contributed by atoms with E-state index in [0.717, 1.165) is 12.3 Å². The quantitative estimate of drug-likeness (QED) is 0.769. The third-order valence-electron chi connectivity index (χ3n) is 3.38. The van der Waals surface area contributed by atoms with Gasteiger partial charge in [0, 0.05) is 38.3 Å². The normalized spacial score (nSPS) is 20.1. The van der Waals surface area contributed by atoms with Crippen LogP contribution >= 0.6 is 0 Å². The van der Waals surface area contributed by atoms with Gasteiger partial charge in [-0.25, -0.2) is 0 Å². The van der Waals surface area contributed by atoms with Crippen LogP contribution in [-0.2, 0) is 0 Å². The van der Waals surface area contributed by atoms with Crippen molar-refractivity contribution >= 4 is 0 Å². The van der Waals surface area contributed by atoms with Gasteiger partial charge in [0.1, 0.15) is 0 Å². The molecule has 0 amide bonds. The molecule has 0 bridgehead atoms. The molecule has 0 aromatic heterocycles. The highest BCUT2D eigenvalue weighted by Gasteiger charge is 2.18. The van der Waals surface area contributed by atoms with Crippen molar-refractivity contribution in [3.8, 4) is 0 Å². The average Bonchev–Trinajstić information content (AvgIpc) is 2.18. The maximum atomic E-state index is 6.00. The van der Waals surface area contributed by atoms with E-state index in [2.05, 4.69) is 37.5 Å². The molecule has 0 aromatic carbocycles. The Balaban J connectivity index is 2.11. The fourth-order valence-electron chi connectivity index (χ4n) is 2.47. The monoisotopic (exact) mass is 241 g/mol. The highest BCUT2D eigenvalue weighted by atomic mass is 15.3. The molecule has 3 heteroatoms. The first-order valence-corrected chi connectivity index (χ1v) is 7.10. The maximum Gasteiger partial charge on any atom is 0.0110 e. The van der Waals surface area contributed by atoms with Crippen molar-refractivity contribution in [3.63, 3.8) is 0 Å². The molecule has 0 radical (unpaired) electrons. The Labute approximate surface area is 107 Å². The van der Waals surface area contributed by atoms with E-state index >= 15 is 0 Å². The highest BCUT2D eigenvalue weighted by molar-refractivity contribution is 4.75. The summed E-state index contributed by atoms with van der Waals surface area (Å²) in [6.45, 7) is 16.3. The van der Waals surface area contributed by atoms with Gasteiger partial charge in [0.2, 0.25) is 0 Å². The zero-order valence-electron chi connectivity index (χ0n) is 12.2. The maximum absolute atomic E-state index is 6.00. The molecule has 2 N–H and O–H groups in total. The van der Waals surface area contributed by atoms with Crippen molar-refractivity contribution in [1.82, 2.24) is 9.80 Å². The molecule has 0 aromatic rings. The topological polar surface area (TPSA) is 32.5 Å². The van der Waals surface area contributed by atoms with E-state index in [-0.39, 0.29) is 5.54 Å². The smallest absolute Gasteiger partial charge is 0.0110 e. The SMILES string of the molecule is CC(C)CN1CCN(CCCC(C)(C)N)CC1. The van der Waals surface area contributed by atoms with Crippen LogP contribution < -0.4 is 5.73 Å². The molecule has 17 heavy (non-hydrogen) atoms. The molecule has 1 fully saturated rings. The summed E-state index contributed by atoms with van der Waals surface area (Å²) >= 11 is 0. The molecule has 3 nitrogen and oxygen atoms in total. The molecule has 1 rings (SSSR count). The van der Waals surface area contributed by atoms with E-state index in [4.69, 9.17) is 5.73 Å². The van der Waals surface area contributed by atoms with Crippen LogP contribution in [0.2, 0.25) is 0 Å². The fourth-order valence-corrected chi connectivity index (χ4v) is 2.47. The number of rotatable bonds is 6. The van der Waals surface area contributed by atoms with Crippen LogP contribution in [0.3, 0.4) is 0 Å². The summed E-state index contributed by atoms with van der Waals surface area (Å²) in [6, 6.07) is 0. The first-order chi connectivity index (χ1) is 7.87. The lowest BCUT2D eigenvalue weighted by molar-refractivity contribution is 0.119. The Kier molecular flexibility index (Phi) is 5.90. The fraction of sp³-hybridized carbons (Fsp3) is 1.00. The van der Waals surface area contributed by atoms with Gasteiger partial charge in [0.05, 0.1) is 0 Å². The van der Waals surface area contributed by atoms with Crippen LogP contribution in [0.5, 0.6) is 0 Å². The van der Waals surface area contributed by atoms with E-state index in [0.29, 0.717) is 0 Å². The average molecular weight is 241 g/mol. The molecule has 0 spiro atoms. The number of hydrogen-bond donors (Lipinski definition) is 1. The Morgan fingerprint density at radius 3 is 2.06 bits per heavy atom. The summed E-state index contributed by atoms with van der Waals surface area (Å²) in [7, 11) is 0. The number of hydrogen-bond acceptors (Lipinski definition) is 3. The molecule has 1 saturated heterocycles. The Hall–Kier alpha value is -0.120. The van der Waals surface area contributed by atoms with Gasteiger partial charge in [-0.2, -0.15) is 0 Å². The van der Waals surface area contributed by atoms with E-state index in [1.54, 1.807) is 0 Å². The Morgan fingerprint density at radius 1 is 1.06 bits per heavy atom. The van der Waals surface area contributed by atoms with E-state index in [1.807, 2.05) is 0 Å². The van der Waals surface area contributed by atoms with Crippen LogP contribution in [-0.4, -0.2) is 54.6 Å². The van der Waals surface area contributed by atoms with Crippen LogP contribution in [0.4, 0.5) is 0 Å². The summed E-state index contributed by atoms with van der Waals surface area (Å²) in [5.74, 6) is 0.791. The first-order valence-electron chi connectivity index (χ1n) is 7.10. The van der Waals surface area contributed by atoms with Crippen LogP contribution in [0.1, 0.15) is 40.5 Å². The predicted molar refractivity (Wildman–Crippen MR) is 75.2 cm³/mol. The third-order valence-corrected chi connectivity index (χ3v) is 3.38. The second-order valence-electron chi connectivity index (χ2n) is 6.63. The van der Waals surface area contributed by atoms with Crippen LogP contribution in [0.15, 0.2) is 0 Å². The standard InChI is InChI=1S/C14H31N3/c1-13(2)12-17-10-8-16(9-11-17)7-5-6-14(3,4)15/h13H,5-12,15H2,1-4H3. The minimum absolute atomic E-state index is 0.000531. The van der Waals surface area contributed by atoms with Crippen molar-refractivity contribution in [2.24, 2.45) is 11.7 Å². The van der Waals surface area contributed by atoms with Gasteiger partial charge in [0.25, 0.3) is 0 Å². The number of nitrogens with zero attached hydrogens (tertiary/aromatic N) is 2. The zero-order chi connectivity index (χ0) is 12.9. The van der Waals surface area contributed by atoms with E-state index in [1.165, 1.54) is 45.7 Å². The van der Waals surface area contributed by atoms with Crippen molar-refractivity contribution in [2.75, 3.05) is 39.3 Å². The molecule has 0 atom stereocenters. The minimum Gasteiger partial charge on any atom is -0.326 e. The van der Waals surface area contributed by atoms with Crippen molar-refractivity contribution in [1.29, 1.82) is 0 Å². The molecule has 1 aliphatic rings. The second kappa shape index (κ2) is 6.72. The third kappa shape index (κ3) is 7.02. The van der Waals surface area contributed by atoms with E-state index in [9.17, 15) is 0 Å². The largest absolute Gasteiger partial charge is 0.326 e. The lowest BCUT2D eigenvalue weighted by atomic mass is 10.00. The lowest BCUT2D eigenvalue weighted by Gasteiger charge is -2.35. The summed E-state index contributed by atoms with van der Waals surface area (Å²) in [5, 5.41) is 0. The molecule has 0 saturated carbocycles. The van der Waals surface area contributed by atoms with Crippen molar-refractivity contribution in [3.05, 3.63) is 0 Å². The Bertz CT molecular complexity index is 200. The summed E-state index contributed by atoms with van der Waals surface area (Å²) in [5.41, 5.74) is 6.00. The van der Waals surface area contributed by atoms with Crippen LogP contribution in [0.25, 0.3) is 0 Å². The molecule has 0 aliphatic carbocycles. The van der Waals surface area contributed by atoms with Gasteiger partial charge in [-0.05, 0) is 39.2 Å². The Morgan fingerprint density at radius 2 is 1.59 bits per heavy atom. The van der Waals surface area contributed by atoms with Gasteiger partial charge in [-0.3, -0.25) is 0 Å². The highest BCUT2D eigenvalue weighted by Crippen LogP contribution is 2.10. The van der Waals surface area contributed by atoms with Crippen molar-refractivity contribution < 1.29 is 0 Å². The minimum atomic E-state index is -0.000531. The molecular formula is C14H31N3. The number of nitrogens with two attached hydrogens (primary N) is 1. The summed E-state index contributed by atoms with van der Waals surface area (Å²) < 4.78 is 0. The lowest BCUT2D eigenvalue weighted by Crippen LogP contribution is -2.47. The van der Waals surface area contributed by atoms with E-state index < -0.39 is 0 Å². The molecular weight excluding hydrogens is 210 g/mol. The molecule has 0 unspecified atom stereocenters. The first kappa shape index (κ1) is 14.9. The molecule has 1 heterocycles. The number of piperazine rings is 1. The van der Waals surface area contributed by atoms with Gasteiger partial charge >= 0.3 is 0 Å². The summed E-state index contributed by atoms with van der Waals surface area (Å²) in [4.78, 5) is 5.18. The van der Waals surface area contributed by atoms with Gasteiger partial charge in [0.15, 0.2) is 0 Å². The van der Waals surface area contributed by atoms with Gasteiger partial charge < -0.3 is 15.5 Å². The predicted octanol–water partition coefficient (Wildman–Crippen LogP) is 1.78. The molecule has 102 valence electrons.